The zero-order valence-electron chi connectivity index (χ0n) is 8.61. The smallest absolute Gasteiger partial charge is 0.320 e. The molecule has 1 heterocycles. The molecule has 0 aromatic rings. The van der Waals surface area contributed by atoms with Crippen molar-refractivity contribution in [2.75, 3.05) is 19.6 Å². The molecule has 0 radical (unpaired) electrons. The van der Waals surface area contributed by atoms with Gasteiger partial charge in [0, 0.05) is 6.54 Å². The minimum absolute atomic E-state index is 0.274. The average molecular weight is 200 g/mol. The van der Waals surface area contributed by atoms with E-state index in [2.05, 4.69) is 4.90 Å². The summed E-state index contributed by atoms with van der Waals surface area (Å²) in [6.45, 7) is 2.38. The van der Waals surface area contributed by atoms with Crippen LogP contribution in [0.1, 0.15) is 32.1 Å². The molecular formula is C10H20N2O2. The van der Waals surface area contributed by atoms with Crippen LogP contribution in [0.5, 0.6) is 0 Å². The van der Waals surface area contributed by atoms with Crippen molar-refractivity contribution in [2.24, 2.45) is 5.73 Å². The first-order valence-corrected chi connectivity index (χ1v) is 5.42. The minimum atomic E-state index is -0.677. The Balaban J connectivity index is 2.50. The van der Waals surface area contributed by atoms with Crippen LogP contribution in [0.4, 0.5) is 0 Å². The van der Waals surface area contributed by atoms with Crippen molar-refractivity contribution in [3.8, 4) is 0 Å². The highest BCUT2D eigenvalue weighted by Gasteiger charge is 2.26. The number of hydrogen-bond acceptors (Lipinski definition) is 3. The van der Waals surface area contributed by atoms with Gasteiger partial charge in [-0.1, -0.05) is 12.8 Å². The molecule has 82 valence electrons. The topological polar surface area (TPSA) is 66.6 Å². The Morgan fingerprint density at radius 3 is 2.86 bits per heavy atom. The zero-order valence-corrected chi connectivity index (χ0v) is 8.61. The van der Waals surface area contributed by atoms with Gasteiger partial charge in [0.2, 0.25) is 0 Å². The highest BCUT2D eigenvalue weighted by atomic mass is 16.4. The number of nitrogens with two attached hydrogens (primary N) is 1. The third-order valence-corrected chi connectivity index (χ3v) is 2.80. The van der Waals surface area contributed by atoms with E-state index in [-0.39, 0.29) is 6.04 Å². The molecule has 14 heavy (non-hydrogen) atoms. The van der Waals surface area contributed by atoms with Crippen LogP contribution in [-0.4, -0.2) is 41.7 Å². The van der Waals surface area contributed by atoms with Crippen molar-refractivity contribution in [3.05, 3.63) is 0 Å². The van der Waals surface area contributed by atoms with Crippen LogP contribution in [0.25, 0.3) is 0 Å². The molecule has 3 N–H and O–H groups in total. The monoisotopic (exact) mass is 200 g/mol. The Labute approximate surface area is 85.1 Å². The van der Waals surface area contributed by atoms with E-state index in [9.17, 15) is 4.79 Å². The van der Waals surface area contributed by atoms with E-state index in [1.54, 1.807) is 0 Å². The average Bonchev–Trinajstić information content (AvgIpc) is 2.39. The van der Waals surface area contributed by atoms with Gasteiger partial charge in [0.15, 0.2) is 0 Å². The normalized spacial score (nSPS) is 24.5. The molecule has 0 aliphatic carbocycles. The number of nitrogens with zero attached hydrogens (tertiary/aromatic N) is 1. The lowest BCUT2D eigenvalue weighted by molar-refractivity contribution is -0.143. The molecule has 4 nitrogen and oxygen atoms in total. The lowest BCUT2D eigenvalue weighted by Gasteiger charge is -2.26. The summed E-state index contributed by atoms with van der Waals surface area (Å²) in [5.41, 5.74) is 5.43. The summed E-state index contributed by atoms with van der Waals surface area (Å²) in [5, 5.41) is 9.06. The maximum atomic E-state index is 11.0. The molecule has 1 aliphatic rings. The fourth-order valence-corrected chi connectivity index (χ4v) is 2.01. The molecule has 0 aromatic carbocycles. The fourth-order valence-electron chi connectivity index (χ4n) is 2.01. The lowest BCUT2D eigenvalue weighted by atomic mass is 10.1. The van der Waals surface area contributed by atoms with Gasteiger partial charge >= 0.3 is 5.97 Å². The molecule has 0 bridgehead atoms. The van der Waals surface area contributed by atoms with Gasteiger partial charge in [-0.2, -0.15) is 0 Å². The molecule has 1 rings (SSSR count). The SMILES string of the molecule is NCCCN1CCCCCC1C(=O)O. The summed E-state index contributed by atoms with van der Waals surface area (Å²) < 4.78 is 0. The van der Waals surface area contributed by atoms with Gasteiger partial charge in [0.25, 0.3) is 0 Å². The van der Waals surface area contributed by atoms with Crippen LogP contribution in [0.2, 0.25) is 0 Å². The van der Waals surface area contributed by atoms with Crippen LogP contribution < -0.4 is 5.73 Å². The van der Waals surface area contributed by atoms with Gasteiger partial charge in [-0.15, -0.1) is 0 Å². The summed E-state index contributed by atoms with van der Waals surface area (Å²) in [7, 11) is 0. The summed E-state index contributed by atoms with van der Waals surface area (Å²) in [5.74, 6) is -0.677. The molecule has 1 fully saturated rings. The third kappa shape index (κ3) is 3.27. The Kier molecular flexibility index (Phi) is 4.90. The molecule has 0 aromatic heterocycles. The highest BCUT2D eigenvalue weighted by molar-refractivity contribution is 5.73. The second kappa shape index (κ2) is 5.98. The first-order chi connectivity index (χ1) is 6.75. The van der Waals surface area contributed by atoms with Gasteiger partial charge in [-0.05, 0) is 32.4 Å². The molecular weight excluding hydrogens is 180 g/mol. The van der Waals surface area contributed by atoms with E-state index in [1.165, 1.54) is 0 Å². The predicted molar refractivity (Wildman–Crippen MR) is 55.1 cm³/mol. The van der Waals surface area contributed by atoms with Crippen LogP contribution in [-0.2, 0) is 4.79 Å². The first kappa shape index (κ1) is 11.5. The van der Waals surface area contributed by atoms with Crippen molar-refractivity contribution in [1.29, 1.82) is 0 Å². The van der Waals surface area contributed by atoms with Crippen molar-refractivity contribution < 1.29 is 9.90 Å². The van der Waals surface area contributed by atoms with Crippen LogP contribution in [0.15, 0.2) is 0 Å². The number of carboxylic acid groups (broad SMARTS) is 1. The molecule has 0 saturated carbocycles. The fraction of sp³-hybridized carbons (Fsp3) is 0.900. The summed E-state index contributed by atoms with van der Waals surface area (Å²) >= 11 is 0. The molecule has 1 saturated heterocycles. The molecule has 1 atom stereocenters. The van der Waals surface area contributed by atoms with E-state index in [0.717, 1.165) is 45.2 Å². The van der Waals surface area contributed by atoms with Crippen molar-refractivity contribution in [2.45, 2.75) is 38.1 Å². The van der Waals surface area contributed by atoms with E-state index in [4.69, 9.17) is 10.8 Å². The van der Waals surface area contributed by atoms with Crippen molar-refractivity contribution in [3.63, 3.8) is 0 Å². The lowest BCUT2D eigenvalue weighted by Crippen LogP contribution is -2.41. The van der Waals surface area contributed by atoms with Crippen LogP contribution >= 0.6 is 0 Å². The maximum Gasteiger partial charge on any atom is 0.320 e. The van der Waals surface area contributed by atoms with Crippen LogP contribution in [0.3, 0.4) is 0 Å². The molecule has 1 aliphatic heterocycles. The minimum Gasteiger partial charge on any atom is -0.480 e. The maximum absolute atomic E-state index is 11.0. The molecule has 0 spiro atoms. The standard InChI is InChI=1S/C10H20N2O2/c11-6-4-8-12-7-3-1-2-5-9(12)10(13)14/h9H,1-8,11H2,(H,13,14). The van der Waals surface area contributed by atoms with Gasteiger partial charge in [-0.3, -0.25) is 9.69 Å². The number of carbonyl (C=O) groups is 1. The Morgan fingerprint density at radius 2 is 2.21 bits per heavy atom. The van der Waals surface area contributed by atoms with E-state index in [1.807, 2.05) is 0 Å². The molecule has 0 amide bonds. The van der Waals surface area contributed by atoms with E-state index in [0.29, 0.717) is 6.54 Å². The van der Waals surface area contributed by atoms with Gasteiger partial charge in [0.1, 0.15) is 6.04 Å². The summed E-state index contributed by atoms with van der Waals surface area (Å²) in [6, 6.07) is -0.274. The number of likely N-dealkylation sites (tertiary alicyclic amines) is 1. The first-order valence-electron chi connectivity index (χ1n) is 5.42. The van der Waals surface area contributed by atoms with E-state index < -0.39 is 5.97 Å². The Bertz CT molecular complexity index is 185. The third-order valence-electron chi connectivity index (χ3n) is 2.80. The van der Waals surface area contributed by atoms with Gasteiger partial charge in [-0.25, -0.2) is 0 Å². The molecule has 4 heteroatoms. The molecule has 1 unspecified atom stereocenters. The number of aliphatic carboxylic acids is 1. The van der Waals surface area contributed by atoms with E-state index >= 15 is 0 Å². The quantitative estimate of drug-likeness (QED) is 0.699. The largest absolute Gasteiger partial charge is 0.480 e. The van der Waals surface area contributed by atoms with Crippen molar-refractivity contribution >= 4 is 5.97 Å². The predicted octanol–water partition coefficient (Wildman–Crippen LogP) is 0.664. The number of hydrogen-bond donors (Lipinski definition) is 2. The zero-order chi connectivity index (χ0) is 10.4. The van der Waals surface area contributed by atoms with Gasteiger partial charge < -0.3 is 10.8 Å². The second-order valence-corrected chi connectivity index (χ2v) is 3.88. The summed E-state index contributed by atoms with van der Waals surface area (Å²) in [6.07, 6.45) is 5.00. The summed E-state index contributed by atoms with van der Waals surface area (Å²) in [4.78, 5) is 13.1. The number of carboxylic acids is 1. The number of rotatable bonds is 4. The second-order valence-electron chi connectivity index (χ2n) is 3.88. The highest BCUT2D eigenvalue weighted by Crippen LogP contribution is 2.16. The Hall–Kier alpha value is -0.610. The van der Waals surface area contributed by atoms with Crippen LogP contribution in [0, 0.1) is 0 Å². The van der Waals surface area contributed by atoms with Gasteiger partial charge in [0.05, 0.1) is 0 Å². The Morgan fingerprint density at radius 1 is 1.43 bits per heavy atom. The van der Waals surface area contributed by atoms with Crippen molar-refractivity contribution in [1.82, 2.24) is 4.90 Å².